The molecule has 4 rings (SSSR count). The Labute approximate surface area is 155 Å². The van der Waals surface area contributed by atoms with Gasteiger partial charge in [0.15, 0.2) is 0 Å². The van der Waals surface area contributed by atoms with Crippen LogP contribution in [0.15, 0.2) is 72.8 Å². The molecule has 1 N–H and O–H groups in total. The summed E-state index contributed by atoms with van der Waals surface area (Å²) in [7, 11) is 0. The van der Waals surface area contributed by atoms with Gasteiger partial charge in [-0.05, 0) is 34.9 Å². The zero-order valence-electron chi connectivity index (χ0n) is 14.3. The van der Waals surface area contributed by atoms with Crippen molar-refractivity contribution < 1.29 is 19.5 Å². The van der Waals surface area contributed by atoms with E-state index in [1.807, 2.05) is 24.3 Å². The number of carboxylic acid groups (broad SMARTS) is 1. The first-order valence-corrected chi connectivity index (χ1v) is 8.43. The SMILES string of the molecule is O=C(O)c1ccccc1-c1ccc(CN2C(=O)C(=O)c3ccccc32)cc1. The molecule has 1 heterocycles. The zero-order chi connectivity index (χ0) is 19.0. The summed E-state index contributed by atoms with van der Waals surface area (Å²) >= 11 is 0. The maximum absolute atomic E-state index is 12.3. The van der Waals surface area contributed by atoms with Crippen molar-refractivity contribution in [1.82, 2.24) is 0 Å². The topological polar surface area (TPSA) is 74.7 Å². The third-order valence-electron chi connectivity index (χ3n) is 4.64. The molecule has 1 aliphatic heterocycles. The van der Waals surface area contributed by atoms with E-state index in [0.29, 0.717) is 16.8 Å². The van der Waals surface area contributed by atoms with Crippen LogP contribution in [-0.4, -0.2) is 22.8 Å². The molecule has 27 heavy (non-hydrogen) atoms. The fraction of sp³-hybridized carbons (Fsp3) is 0.0455. The van der Waals surface area contributed by atoms with Crippen molar-refractivity contribution in [3.05, 3.63) is 89.5 Å². The molecule has 0 unspecified atom stereocenters. The second-order valence-electron chi connectivity index (χ2n) is 6.29. The number of anilines is 1. The number of aromatic carboxylic acids is 1. The largest absolute Gasteiger partial charge is 0.478 e. The van der Waals surface area contributed by atoms with Crippen LogP contribution < -0.4 is 4.90 Å². The summed E-state index contributed by atoms with van der Waals surface area (Å²) in [6.07, 6.45) is 0. The van der Waals surface area contributed by atoms with Crippen LogP contribution in [0.3, 0.4) is 0 Å². The normalized spacial score (nSPS) is 13.0. The van der Waals surface area contributed by atoms with E-state index < -0.39 is 17.7 Å². The monoisotopic (exact) mass is 357 g/mol. The van der Waals surface area contributed by atoms with Crippen molar-refractivity contribution in [2.45, 2.75) is 6.54 Å². The summed E-state index contributed by atoms with van der Waals surface area (Å²) in [6.45, 7) is 0.280. The number of rotatable bonds is 4. The predicted molar refractivity (Wildman–Crippen MR) is 101 cm³/mol. The average Bonchev–Trinajstić information content (AvgIpc) is 2.94. The molecule has 0 aliphatic carbocycles. The molecule has 1 amide bonds. The highest BCUT2D eigenvalue weighted by Crippen LogP contribution is 2.30. The number of para-hydroxylation sites is 1. The summed E-state index contributed by atoms with van der Waals surface area (Å²) in [5, 5.41) is 9.34. The number of carbonyl (C=O) groups excluding carboxylic acids is 2. The highest BCUT2D eigenvalue weighted by Gasteiger charge is 2.35. The standard InChI is InChI=1S/C22H15NO4/c24-20-18-7-3-4-8-19(18)23(21(20)25)13-14-9-11-15(12-10-14)16-5-1-2-6-17(16)22(26)27/h1-12H,13H2,(H,26,27). The van der Waals surface area contributed by atoms with Gasteiger partial charge in [-0.3, -0.25) is 9.59 Å². The molecule has 0 saturated carbocycles. The molecular formula is C22H15NO4. The molecule has 132 valence electrons. The third-order valence-corrected chi connectivity index (χ3v) is 4.64. The Kier molecular flexibility index (Phi) is 4.05. The van der Waals surface area contributed by atoms with Crippen LogP contribution in [0.2, 0.25) is 0 Å². The number of hydrogen-bond acceptors (Lipinski definition) is 3. The summed E-state index contributed by atoms with van der Waals surface area (Å²) in [5.74, 6) is -2.00. The molecular weight excluding hydrogens is 342 g/mol. The number of benzene rings is 3. The van der Waals surface area contributed by atoms with E-state index in [1.165, 1.54) is 4.90 Å². The molecule has 0 fully saturated rings. The Bertz CT molecular complexity index is 1070. The molecule has 0 radical (unpaired) electrons. The van der Waals surface area contributed by atoms with Crippen LogP contribution in [0.25, 0.3) is 11.1 Å². The van der Waals surface area contributed by atoms with E-state index in [4.69, 9.17) is 0 Å². The molecule has 3 aromatic rings. The van der Waals surface area contributed by atoms with Crippen LogP contribution in [0.4, 0.5) is 5.69 Å². The Morgan fingerprint density at radius 2 is 1.44 bits per heavy atom. The van der Waals surface area contributed by atoms with Crippen LogP contribution >= 0.6 is 0 Å². The fourth-order valence-electron chi connectivity index (χ4n) is 3.30. The Morgan fingerprint density at radius 3 is 2.15 bits per heavy atom. The minimum Gasteiger partial charge on any atom is -0.478 e. The summed E-state index contributed by atoms with van der Waals surface area (Å²) in [6, 6.07) is 21.1. The quantitative estimate of drug-likeness (QED) is 0.721. The smallest absolute Gasteiger partial charge is 0.336 e. The number of Topliss-reactive ketones (excluding diaryl/α,β-unsaturated/α-hetero) is 1. The van der Waals surface area contributed by atoms with Gasteiger partial charge in [-0.1, -0.05) is 54.6 Å². The summed E-state index contributed by atoms with van der Waals surface area (Å²) in [5.41, 5.74) is 3.54. The van der Waals surface area contributed by atoms with E-state index in [0.717, 1.165) is 11.1 Å². The Hall–Kier alpha value is -3.73. The van der Waals surface area contributed by atoms with Gasteiger partial charge in [0.25, 0.3) is 11.7 Å². The number of carboxylic acids is 1. The molecule has 0 atom stereocenters. The van der Waals surface area contributed by atoms with Crippen molar-refractivity contribution in [1.29, 1.82) is 0 Å². The fourth-order valence-corrected chi connectivity index (χ4v) is 3.30. The Balaban J connectivity index is 1.62. The van der Waals surface area contributed by atoms with Gasteiger partial charge >= 0.3 is 5.97 Å². The molecule has 0 aromatic heterocycles. The van der Waals surface area contributed by atoms with Gasteiger partial charge in [0.05, 0.1) is 23.4 Å². The first-order valence-electron chi connectivity index (χ1n) is 8.43. The number of nitrogens with zero attached hydrogens (tertiary/aromatic N) is 1. The van der Waals surface area contributed by atoms with Crippen molar-refractivity contribution in [3.63, 3.8) is 0 Å². The van der Waals surface area contributed by atoms with Gasteiger partial charge in [-0.2, -0.15) is 0 Å². The lowest BCUT2D eigenvalue weighted by Crippen LogP contribution is -2.29. The summed E-state index contributed by atoms with van der Waals surface area (Å²) in [4.78, 5) is 37.2. The van der Waals surface area contributed by atoms with Crippen LogP contribution in [0.1, 0.15) is 26.3 Å². The highest BCUT2D eigenvalue weighted by atomic mass is 16.4. The molecule has 1 aliphatic rings. The van der Waals surface area contributed by atoms with Crippen molar-refractivity contribution in [2.24, 2.45) is 0 Å². The lowest BCUT2D eigenvalue weighted by atomic mass is 9.98. The van der Waals surface area contributed by atoms with Gasteiger partial charge in [-0.25, -0.2) is 4.79 Å². The van der Waals surface area contributed by atoms with Crippen LogP contribution in [0, 0.1) is 0 Å². The first kappa shape index (κ1) is 16.7. The van der Waals surface area contributed by atoms with Crippen molar-refractivity contribution in [2.75, 3.05) is 4.90 Å². The third kappa shape index (κ3) is 2.89. The molecule has 0 spiro atoms. The summed E-state index contributed by atoms with van der Waals surface area (Å²) < 4.78 is 0. The average molecular weight is 357 g/mol. The van der Waals surface area contributed by atoms with E-state index in [2.05, 4.69) is 0 Å². The van der Waals surface area contributed by atoms with Crippen molar-refractivity contribution >= 4 is 23.3 Å². The van der Waals surface area contributed by atoms with Gasteiger partial charge in [0, 0.05) is 0 Å². The van der Waals surface area contributed by atoms with Gasteiger partial charge in [-0.15, -0.1) is 0 Å². The second kappa shape index (κ2) is 6.53. The second-order valence-corrected chi connectivity index (χ2v) is 6.29. The highest BCUT2D eigenvalue weighted by molar-refractivity contribution is 6.52. The predicted octanol–water partition coefficient (Wildman–Crippen LogP) is 3.78. The zero-order valence-corrected chi connectivity index (χ0v) is 14.3. The van der Waals surface area contributed by atoms with Gasteiger partial charge in [0.2, 0.25) is 0 Å². The number of carbonyl (C=O) groups is 3. The lowest BCUT2D eigenvalue weighted by molar-refractivity contribution is -0.114. The number of ketones is 1. The maximum atomic E-state index is 12.3. The first-order chi connectivity index (χ1) is 13.1. The van der Waals surface area contributed by atoms with Crippen LogP contribution in [0.5, 0.6) is 0 Å². The molecule has 5 heteroatoms. The van der Waals surface area contributed by atoms with E-state index in [9.17, 15) is 19.5 Å². The lowest BCUT2D eigenvalue weighted by Gasteiger charge is -2.17. The molecule has 0 bridgehead atoms. The minimum absolute atomic E-state index is 0.236. The molecule has 3 aromatic carbocycles. The number of hydrogen-bond donors (Lipinski definition) is 1. The van der Waals surface area contributed by atoms with Gasteiger partial charge < -0.3 is 10.0 Å². The Morgan fingerprint density at radius 1 is 0.815 bits per heavy atom. The van der Waals surface area contributed by atoms with Gasteiger partial charge in [0.1, 0.15) is 0 Å². The maximum Gasteiger partial charge on any atom is 0.336 e. The van der Waals surface area contributed by atoms with E-state index in [-0.39, 0.29) is 12.1 Å². The van der Waals surface area contributed by atoms with E-state index >= 15 is 0 Å². The van der Waals surface area contributed by atoms with Crippen LogP contribution in [-0.2, 0) is 11.3 Å². The minimum atomic E-state index is -0.979. The van der Waals surface area contributed by atoms with Crippen molar-refractivity contribution in [3.8, 4) is 11.1 Å². The number of amides is 1. The molecule has 5 nitrogen and oxygen atoms in total. The number of fused-ring (bicyclic) bond motifs is 1. The van der Waals surface area contributed by atoms with E-state index in [1.54, 1.807) is 48.5 Å². The molecule has 0 saturated heterocycles.